The number of ether oxygens (including phenoxy) is 1. The number of aromatic nitrogens is 2. The van der Waals surface area contributed by atoms with E-state index >= 15 is 0 Å². The van der Waals surface area contributed by atoms with Crippen molar-refractivity contribution in [3.8, 4) is 0 Å². The molecule has 3 N–H and O–H groups in total. The van der Waals surface area contributed by atoms with Gasteiger partial charge in [-0.3, -0.25) is 0 Å². The van der Waals surface area contributed by atoms with Gasteiger partial charge in [-0.25, -0.2) is 9.78 Å². The fraction of sp³-hybridized carbons (Fsp3) is 0.176. The molecule has 0 saturated carbocycles. The average molecular weight is 297 g/mol. The number of nitrogens with one attached hydrogen (secondary N) is 1. The first-order valence-corrected chi connectivity index (χ1v) is 6.98. The maximum Gasteiger partial charge on any atom is 0.332 e. The van der Waals surface area contributed by atoms with Crippen LogP contribution in [-0.2, 0) is 16.0 Å². The minimum atomic E-state index is -0.437. The van der Waals surface area contributed by atoms with Crippen molar-refractivity contribution < 1.29 is 9.53 Å². The molecule has 5 nitrogen and oxygen atoms in total. The Labute approximate surface area is 129 Å². The second-order valence-electron chi connectivity index (χ2n) is 4.83. The molecule has 0 fully saturated rings. The molecule has 0 aliphatic rings. The molecule has 114 valence electrons. The van der Waals surface area contributed by atoms with Crippen molar-refractivity contribution in [2.75, 3.05) is 6.61 Å². The number of H-pyrrole nitrogens is 1. The van der Waals surface area contributed by atoms with E-state index in [1.54, 1.807) is 25.4 Å². The third kappa shape index (κ3) is 4.94. The first-order valence-electron chi connectivity index (χ1n) is 6.98. The van der Waals surface area contributed by atoms with Crippen molar-refractivity contribution in [2.45, 2.75) is 13.3 Å². The van der Waals surface area contributed by atoms with Crippen LogP contribution in [0.2, 0.25) is 0 Å². The van der Waals surface area contributed by atoms with Gasteiger partial charge in [0.1, 0.15) is 12.4 Å². The van der Waals surface area contributed by atoms with Crippen molar-refractivity contribution in [2.24, 2.45) is 5.73 Å². The summed E-state index contributed by atoms with van der Waals surface area (Å²) in [6, 6.07) is 8.03. The highest BCUT2D eigenvalue weighted by Gasteiger charge is 2.02. The summed E-state index contributed by atoms with van der Waals surface area (Å²) in [4.78, 5) is 18.6. The third-order valence-corrected chi connectivity index (χ3v) is 2.93. The fourth-order valence-electron chi connectivity index (χ4n) is 1.97. The first-order chi connectivity index (χ1) is 10.6. The van der Waals surface area contributed by atoms with E-state index < -0.39 is 5.97 Å². The summed E-state index contributed by atoms with van der Waals surface area (Å²) in [7, 11) is 0. The van der Waals surface area contributed by atoms with E-state index in [1.807, 2.05) is 24.3 Å². The number of rotatable bonds is 6. The van der Waals surface area contributed by atoms with Crippen molar-refractivity contribution >= 4 is 12.0 Å². The number of imidazole rings is 1. The molecule has 1 heterocycles. The molecule has 0 bridgehead atoms. The molecule has 1 aromatic carbocycles. The molecule has 0 aliphatic heterocycles. The molecule has 22 heavy (non-hydrogen) atoms. The average Bonchev–Trinajstić information content (AvgIpc) is 2.97. The van der Waals surface area contributed by atoms with E-state index in [9.17, 15) is 4.79 Å². The van der Waals surface area contributed by atoms with Crippen molar-refractivity contribution in [1.82, 2.24) is 9.97 Å². The van der Waals surface area contributed by atoms with Crippen molar-refractivity contribution in [3.63, 3.8) is 0 Å². The van der Waals surface area contributed by atoms with Crippen LogP contribution in [0.15, 0.2) is 54.5 Å². The minimum absolute atomic E-state index is 0.206. The Balaban J connectivity index is 1.96. The molecule has 0 saturated heterocycles. The van der Waals surface area contributed by atoms with Gasteiger partial charge in [-0.05, 0) is 24.1 Å². The van der Waals surface area contributed by atoms with E-state index in [-0.39, 0.29) is 6.61 Å². The number of carbonyl (C=O) groups is 1. The molecule has 2 aromatic rings. The summed E-state index contributed by atoms with van der Waals surface area (Å²) < 4.78 is 5.02. The molecule has 0 unspecified atom stereocenters. The lowest BCUT2D eigenvalue weighted by molar-refractivity contribution is -0.136. The predicted octanol–water partition coefficient (Wildman–Crippen LogP) is 2.42. The Morgan fingerprint density at radius 1 is 1.41 bits per heavy atom. The number of esters is 1. The smallest absolute Gasteiger partial charge is 0.332 e. The fourth-order valence-corrected chi connectivity index (χ4v) is 1.97. The van der Waals surface area contributed by atoms with Crippen LogP contribution in [0.3, 0.4) is 0 Å². The predicted molar refractivity (Wildman–Crippen MR) is 85.8 cm³/mol. The summed E-state index contributed by atoms with van der Waals surface area (Å²) in [5.41, 5.74) is 8.06. The van der Waals surface area contributed by atoms with Gasteiger partial charge in [0, 0.05) is 30.6 Å². The van der Waals surface area contributed by atoms with Crippen LogP contribution in [0.5, 0.6) is 0 Å². The molecule has 0 spiro atoms. The molecule has 1 aromatic heterocycles. The van der Waals surface area contributed by atoms with Gasteiger partial charge in [-0.15, -0.1) is 0 Å². The Morgan fingerprint density at radius 3 is 2.95 bits per heavy atom. The van der Waals surface area contributed by atoms with Gasteiger partial charge in [-0.2, -0.15) is 0 Å². The number of hydrogen-bond acceptors (Lipinski definition) is 4. The number of allylic oxidation sites excluding steroid dienone is 1. The molecule has 0 radical (unpaired) electrons. The van der Waals surface area contributed by atoms with E-state index in [4.69, 9.17) is 10.5 Å². The topological polar surface area (TPSA) is 81.0 Å². The summed E-state index contributed by atoms with van der Waals surface area (Å²) in [5.74, 6) is 0.476. The number of carbonyl (C=O) groups excluding carboxylic acids is 1. The number of hydrogen-bond donors (Lipinski definition) is 2. The zero-order valence-electron chi connectivity index (χ0n) is 12.5. The van der Waals surface area contributed by atoms with Crippen molar-refractivity contribution in [3.05, 3.63) is 71.5 Å². The molecule has 0 amide bonds. The highest BCUT2D eigenvalue weighted by Crippen LogP contribution is 2.14. The van der Waals surface area contributed by atoms with Gasteiger partial charge in [0.2, 0.25) is 0 Å². The van der Waals surface area contributed by atoms with Crippen LogP contribution in [0.4, 0.5) is 0 Å². The minimum Gasteiger partial charge on any atom is -0.458 e. The Kier molecular flexibility index (Phi) is 5.54. The van der Waals surface area contributed by atoms with Crippen molar-refractivity contribution in [1.29, 1.82) is 0 Å². The lowest BCUT2D eigenvalue weighted by Crippen LogP contribution is -2.04. The molecule has 0 atom stereocenters. The van der Waals surface area contributed by atoms with E-state index in [0.29, 0.717) is 5.70 Å². The van der Waals surface area contributed by atoms with Crippen LogP contribution < -0.4 is 5.73 Å². The summed E-state index contributed by atoms with van der Waals surface area (Å²) in [6.45, 7) is 1.85. The highest BCUT2D eigenvalue weighted by atomic mass is 16.5. The Hall–Kier alpha value is -2.82. The normalized spacial score (nSPS) is 11.8. The van der Waals surface area contributed by atoms with Crippen LogP contribution in [0.25, 0.3) is 6.08 Å². The number of nitrogens with zero attached hydrogens (tertiary/aromatic N) is 1. The summed E-state index contributed by atoms with van der Waals surface area (Å²) in [6.07, 6.45) is 9.27. The zero-order valence-corrected chi connectivity index (χ0v) is 12.5. The summed E-state index contributed by atoms with van der Waals surface area (Å²) in [5, 5.41) is 0. The largest absolute Gasteiger partial charge is 0.458 e. The second-order valence-corrected chi connectivity index (χ2v) is 4.83. The maximum absolute atomic E-state index is 11.3. The quantitative estimate of drug-likeness (QED) is 0.634. The number of benzene rings is 1. The lowest BCUT2D eigenvalue weighted by Gasteiger charge is -2.04. The van der Waals surface area contributed by atoms with Crippen LogP contribution >= 0.6 is 0 Å². The van der Waals surface area contributed by atoms with Gasteiger partial charge < -0.3 is 15.5 Å². The highest BCUT2D eigenvalue weighted by molar-refractivity contribution is 5.82. The second kappa shape index (κ2) is 7.83. The van der Waals surface area contributed by atoms with Crippen LogP contribution in [0, 0.1) is 0 Å². The van der Waals surface area contributed by atoms with Gasteiger partial charge in [-0.1, -0.05) is 30.3 Å². The molecule has 5 heteroatoms. The first kappa shape index (κ1) is 15.6. The lowest BCUT2D eigenvalue weighted by atomic mass is 10.0. The third-order valence-electron chi connectivity index (χ3n) is 2.93. The standard InChI is InChI=1S/C17H19N3O2/c1-13(18)11-17(21)22-10-4-7-14-5-2-3-6-15(14)12-16-19-8-9-20-16/h2-9,11H,10,12,18H2,1H3,(H,19,20). The molecular formula is C17H19N3O2. The molecule has 0 aliphatic carbocycles. The van der Waals surface area contributed by atoms with Crippen LogP contribution in [0.1, 0.15) is 23.9 Å². The zero-order chi connectivity index (χ0) is 15.8. The van der Waals surface area contributed by atoms with Gasteiger partial charge in [0.05, 0.1) is 0 Å². The van der Waals surface area contributed by atoms with E-state index in [0.717, 1.165) is 23.4 Å². The van der Waals surface area contributed by atoms with Gasteiger partial charge in [0.25, 0.3) is 0 Å². The Morgan fingerprint density at radius 2 is 2.23 bits per heavy atom. The number of aromatic amines is 1. The van der Waals surface area contributed by atoms with Gasteiger partial charge in [0.15, 0.2) is 0 Å². The Bertz CT molecular complexity index is 669. The molecule has 2 rings (SSSR count). The maximum atomic E-state index is 11.3. The van der Waals surface area contributed by atoms with Gasteiger partial charge >= 0.3 is 5.97 Å². The summed E-state index contributed by atoms with van der Waals surface area (Å²) >= 11 is 0. The molecular weight excluding hydrogens is 278 g/mol. The number of nitrogens with two attached hydrogens (primary N) is 1. The van der Waals surface area contributed by atoms with E-state index in [2.05, 4.69) is 16.0 Å². The van der Waals surface area contributed by atoms with E-state index in [1.165, 1.54) is 6.08 Å². The van der Waals surface area contributed by atoms with Crippen LogP contribution in [-0.4, -0.2) is 22.5 Å². The monoisotopic (exact) mass is 297 g/mol. The SMILES string of the molecule is CC(N)=CC(=O)OCC=Cc1ccccc1Cc1ncc[nH]1.